The molecule has 4 rings (SSSR count). The van der Waals surface area contributed by atoms with Gasteiger partial charge >= 0.3 is 5.97 Å². The number of carbonyl (C=O) groups is 2. The smallest absolute Gasteiger partial charge is 0.339 e. The van der Waals surface area contributed by atoms with Gasteiger partial charge in [-0.3, -0.25) is 4.79 Å². The third-order valence-electron chi connectivity index (χ3n) is 4.61. The van der Waals surface area contributed by atoms with Crippen LogP contribution in [0, 0.1) is 0 Å². The summed E-state index contributed by atoms with van der Waals surface area (Å²) >= 11 is 0. The lowest BCUT2D eigenvalue weighted by Gasteiger charge is -2.17. The van der Waals surface area contributed by atoms with Crippen molar-refractivity contribution < 1.29 is 14.3 Å². The zero-order chi connectivity index (χ0) is 19.3. The lowest BCUT2D eigenvalue weighted by Crippen LogP contribution is -2.20. The minimum Gasteiger partial charge on any atom is -0.445 e. The summed E-state index contributed by atoms with van der Waals surface area (Å²) in [5.74, 6) is -0.773. The molecule has 0 heterocycles. The van der Waals surface area contributed by atoms with Crippen LogP contribution in [0.5, 0.6) is 0 Å². The molecule has 0 amide bonds. The van der Waals surface area contributed by atoms with Crippen LogP contribution in [-0.2, 0) is 4.74 Å². The third-order valence-corrected chi connectivity index (χ3v) is 4.61. The van der Waals surface area contributed by atoms with E-state index in [1.54, 1.807) is 48.5 Å². The third kappa shape index (κ3) is 3.69. The van der Waals surface area contributed by atoms with Gasteiger partial charge in [0, 0.05) is 11.1 Å². The Labute approximate surface area is 163 Å². The van der Waals surface area contributed by atoms with E-state index in [1.165, 1.54) is 0 Å². The van der Waals surface area contributed by atoms with Gasteiger partial charge in [0.15, 0.2) is 6.10 Å². The Balaban J connectivity index is 1.66. The van der Waals surface area contributed by atoms with Crippen LogP contribution in [0.3, 0.4) is 0 Å². The summed E-state index contributed by atoms with van der Waals surface area (Å²) in [4.78, 5) is 25.9. The van der Waals surface area contributed by atoms with E-state index in [0.717, 1.165) is 10.8 Å². The molecule has 0 aliphatic carbocycles. The normalized spacial score (nSPS) is 11.7. The molecule has 0 aliphatic heterocycles. The van der Waals surface area contributed by atoms with Gasteiger partial charge in [-0.1, -0.05) is 91.0 Å². The topological polar surface area (TPSA) is 43.4 Å². The first-order chi connectivity index (χ1) is 13.7. The van der Waals surface area contributed by atoms with Crippen molar-refractivity contribution in [2.24, 2.45) is 0 Å². The average Bonchev–Trinajstić information content (AvgIpc) is 2.77. The van der Waals surface area contributed by atoms with E-state index in [9.17, 15) is 9.59 Å². The van der Waals surface area contributed by atoms with E-state index in [2.05, 4.69) is 0 Å². The second kappa shape index (κ2) is 7.89. The molecule has 0 N–H and O–H groups in total. The van der Waals surface area contributed by atoms with Gasteiger partial charge in [-0.05, 0) is 22.9 Å². The van der Waals surface area contributed by atoms with Gasteiger partial charge in [-0.2, -0.15) is 0 Å². The number of benzene rings is 4. The highest BCUT2D eigenvalue weighted by Crippen LogP contribution is 2.25. The molecule has 0 radical (unpaired) electrons. The van der Waals surface area contributed by atoms with Crippen molar-refractivity contribution in [2.75, 3.05) is 0 Å². The minimum absolute atomic E-state index is 0.249. The fourth-order valence-corrected chi connectivity index (χ4v) is 3.15. The monoisotopic (exact) mass is 366 g/mol. The fraction of sp³-hybridized carbons (Fsp3) is 0.0400. The summed E-state index contributed by atoms with van der Waals surface area (Å²) in [6.45, 7) is 0. The second-order valence-electron chi connectivity index (χ2n) is 6.49. The summed E-state index contributed by atoms with van der Waals surface area (Å²) < 4.78 is 5.70. The quantitative estimate of drug-likeness (QED) is 0.340. The van der Waals surface area contributed by atoms with Crippen molar-refractivity contribution in [1.82, 2.24) is 0 Å². The number of hydrogen-bond acceptors (Lipinski definition) is 3. The maximum absolute atomic E-state index is 13.0. The Hall–Kier alpha value is -3.72. The molecule has 0 aliphatic rings. The number of hydrogen-bond donors (Lipinski definition) is 0. The first kappa shape index (κ1) is 17.7. The highest BCUT2D eigenvalue weighted by Gasteiger charge is 2.26. The van der Waals surface area contributed by atoms with Crippen LogP contribution in [0.2, 0.25) is 0 Å². The van der Waals surface area contributed by atoms with E-state index >= 15 is 0 Å². The molecule has 3 heteroatoms. The Bertz CT molecular complexity index is 1120. The van der Waals surface area contributed by atoms with Crippen molar-refractivity contribution in [3.63, 3.8) is 0 Å². The standard InChI is InChI=1S/C25H18O3/c26-23(19-10-3-1-4-11-19)24(20-12-5-2-6-13-20)28-25(27)22-16-15-18-9-7-8-14-21(18)17-22/h1-17,24H. The summed E-state index contributed by atoms with van der Waals surface area (Å²) in [5, 5.41) is 1.99. The van der Waals surface area contributed by atoms with Crippen LogP contribution in [0.25, 0.3) is 10.8 Å². The zero-order valence-corrected chi connectivity index (χ0v) is 15.1. The number of carbonyl (C=O) groups excluding carboxylic acids is 2. The second-order valence-corrected chi connectivity index (χ2v) is 6.49. The molecule has 1 unspecified atom stereocenters. The van der Waals surface area contributed by atoms with Gasteiger partial charge in [0.05, 0.1) is 5.56 Å². The predicted octanol–water partition coefficient (Wildman–Crippen LogP) is 5.62. The maximum Gasteiger partial charge on any atom is 0.339 e. The highest BCUT2D eigenvalue weighted by molar-refractivity contribution is 6.02. The van der Waals surface area contributed by atoms with E-state index in [0.29, 0.717) is 16.7 Å². The molecule has 4 aromatic rings. The molecule has 136 valence electrons. The van der Waals surface area contributed by atoms with Crippen molar-refractivity contribution in [2.45, 2.75) is 6.10 Å². The Morgan fingerprint density at radius 2 is 1.21 bits per heavy atom. The number of Topliss-reactive ketones (excluding diaryl/α,β-unsaturated/α-hetero) is 1. The summed E-state index contributed by atoms with van der Waals surface area (Å²) in [6.07, 6.45) is -0.998. The van der Waals surface area contributed by atoms with Crippen molar-refractivity contribution in [1.29, 1.82) is 0 Å². The highest BCUT2D eigenvalue weighted by atomic mass is 16.5. The first-order valence-electron chi connectivity index (χ1n) is 9.06. The van der Waals surface area contributed by atoms with Gasteiger partial charge in [-0.25, -0.2) is 4.79 Å². The summed E-state index contributed by atoms with van der Waals surface area (Å²) in [5.41, 5.74) is 1.56. The van der Waals surface area contributed by atoms with Crippen LogP contribution in [0.1, 0.15) is 32.4 Å². The SMILES string of the molecule is O=C(OC(C(=O)c1ccccc1)c1ccccc1)c1ccc2ccccc2c1. The zero-order valence-electron chi connectivity index (χ0n) is 15.1. The van der Waals surface area contributed by atoms with Gasteiger partial charge in [0.2, 0.25) is 5.78 Å². The molecule has 0 fully saturated rings. The molecular formula is C25H18O3. The number of esters is 1. The molecule has 0 saturated carbocycles. The molecule has 0 saturated heterocycles. The van der Waals surface area contributed by atoms with Crippen LogP contribution < -0.4 is 0 Å². The molecule has 4 aromatic carbocycles. The van der Waals surface area contributed by atoms with Crippen molar-refractivity contribution in [3.8, 4) is 0 Å². The Morgan fingerprint density at radius 1 is 0.607 bits per heavy atom. The van der Waals surface area contributed by atoms with Crippen molar-refractivity contribution >= 4 is 22.5 Å². The van der Waals surface area contributed by atoms with E-state index < -0.39 is 12.1 Å². The number of rotatable bonds is 5. The van der Waals surface area contributed by atoms with Gasteiger partial charge in [-0.15, -0.1) is 0 Å². The van der Waals surface area contributed by atoms with Crippen LogP contribution >= 0.6 is 0 Å². The molecule has 1 atom stereocenters. The van der Waals surface area contributed by atoms with Crippen LogP contribution in [0.4, 0.5) is 0 Å². The van der Waals surface area contributed by atoms with Crippen LogP contribution in [0.15, 0.2) is 103 Å². The molecule has 0 bridgehead atoms. The largest absolute Gasteiger partial charge is 0.445 e. The predicted molar refractivity (Wildman–Crippen MR) is 109 cm³/mol. The van der Waals surface area contributed by atoms with Crippen LogP contribution in [-0.4, -0.2) is 11.8 Å². The number of ether oxygens (including phenoxy) is 1. The molecule has 28 heavy (non-hydrogen) atoms. The van der Waals surface area contributed by atoms with Gasteiger partial charge in [0.1, 0.15) is 0 Å². The fourth-order valence-electron chi connectivity index (χ4n) is 3.15. The van der Waals surface area contributed by atoms with E-state index in [-0.39, 0.29) is 5.78 Å². The minimum atomic E-state index is -0.998. The lowest BCUT2D eigenvalue weighted by atomic mass is 9.99. The summed E-state index contributed by atoms with van der Waals surface area (Å²) in [6, 6.07) is 31.1. The number of fused-ring (bicyclic) bond motifs is 1. The van der Waals surface area contributed by atoms with E-state index in [4.69, 9.17) is 4.74 Å². The molecule has 0 aromatic heterocycles. The molecule has 3 nitrogen and oxygen atoms in total. The Kier molecular flexibility index (Phi) is 4.98. The van der Waals surface area contributed by atoms with Gasteiger partial charge in [0.25, 0.3) is 0 Å². The first-order valence-corrected chi connectivity index (χ1v) is 9.06. The van der Waals surface area contributed by atoms with Crippen molar-refractivity contribution in [3.05, 3.63) is 120 Å². The van der Waals surface area contributed by atoms with Gasteiger partial charge < -0.3 is 4.74 Å². The molecular weight excluding hydrogens is 348 g/mol. The van der Waals surface area contributed by atoms with E-state index in [1.807, 2.05) is 54.6 Å². The number of ketones is 1. The maximum atomic E-state index is 13.0. The average molecular weight is 366 g/mol. The lowest BCUT2D eigenvalue weighted by molar-refractivity contribution is 0.0280. The Morgan fingerprint density at radius 3 is 1.93 bits per heavy atom. The molecule has 0 spiro atoms. The summed E-state index contributed by atoms with van der Waals surface area (Å²) in [7, 11) is 0.